The smallest absolute Gasteiger partial charge is 0.337 e. The number of carboxylic acid groups (broad SMARTS) is 1. The van der Waals surface area contributed by atoms with Crippen molar-refractivity contribution in [3.05, 3.63) is 82.2 Å². The molecule has 0 radical (unpaired) electrons. The first kappa shape index (κ1) is 23.8. The minimum Gasteiger partial charge on any atom is -0.478 e. The van der Waals surface area contributed by atoms with E-state index < -0.39 is 23.4 Å². The highest BCUT2D eigenvalue weighted by atomic mass is 79.9. The van der Waals surface area contributed by atoms with Gasteiger partial charge in [-0.25, -0.2) is 13.6 Å². The monoisotopic (exact) mass is 505 g/mol. The molecule has 0 amide bonds. The van der Waals surface area contributed by atoms with Crippen molar-refractivity contribution in [1.82, 2.24) is 4.98 Å². The molecule has 0 bridgehead atoms. The lowest BCUT2D eigenvalue weighted by molar-refractivity contribution is 0.0698. The zero-order valence-electron chi connectivity index (χ0n) is 17.4. The maximum Gasteiger partial charge on any atom is 0.337 e. The second kappa shape index (κ2) is 10.7. The van der Waals surface area contributed by atoms with Crippen molar-refractivity contribution >= 4 is 27.7 Å². The number of carbonyl (C=O) groups is 2. The Balaban J connectivity index is 1.92. The molecule has 0 unspecified atom stereocenters. The second-order valence-electron chi connectivity index (χ2n) is 7.22. The van der Waals surface area contributed by atoms with Crippen LogP contribution in [0.2, 0.25) is 0 Å². The summed E-state index contributed by atoms with van der Waals surface area (Å²) in [5.41, 5.74) is 0.440. The van der Waals surface area contributed by atoms with E-state index in [9.17, 15) is 23.5 Å². The number of aromatic nitrogens is 1. The summed E-state index contributed by atoms with van der Waals surface area (Å²) in [5.74, 6) is -3.36. The Morgan fingerprint density at radius 1 is 1.03 bits per heavy atom. The number of aryl methyl sites for hydroxylation is 1. The van der Waals surface area contributed by atoms with Crippen LogP contribution >= 0.6 is 15.9 Å². The molecule has 0 aliphatic rings. The number of rotatable bonds is 10. The van der Waals surface area contributed by atoms with Gasteiger partial charge in [0.1, 0.15) is 11.6 Å². The quantitative estimate of drug-likeness (QED) is 0.215. The fourth-order valence-corrected chi connectivity index (χ4v) is 3.72. The van der Waals surface area contributed by atoms with Gasteiger partial charge < -0.3 is 14.8 Å². The molecule has 0 aliphatic heterocycles. The van der Waals surface area contributed by atoms with Crippen LogP contribution in [0.15, 0.2) is 42.6 Å². The molecule has 8 heteroatoms. The first-order chi connectivity index (χ1) is 15.3. The Morgan fingerprint density at radius 2 is 1.72 bits per heavy atom. The lowest BCUT2D eigenvalue weighted by Gasteiger charge is -2.11. The predicted molar refractivity (Wildman–Crippen MR) is 121 cm³/mol. The molecule has 168 valence electrons. The van der Waals surface area contributed by atoms with Crippen molar-refractivity contribution in [2.45, 2.75) is 19.8 Å². The molecular formula is C24H22BrF2NO4. The molecule has 0 saturated carbocycles. The number of hydrogen-bond acceptors (Lipinski definition) is 3. The van der Waals surface area contributed by atoms with E-state index in [1.54, 1.807) is 12.1 Å². The Kier molecular flexibility index (Phi) is 7.93. The normalized spacial score (nSPS) is 11.0. The highest BCUT2D eigenvalue weighted by Gasteiger charge is 2.27. The van der Waals surface area contributed by atoms with Gasteiger partial charge in [-0.05, 0) is 43.0 Å². The zero-order valence-corrected chi connectivity index (χ0v) is 19.0. The van der Waals surface area contributed by atoms with E-state index in [4.69, 9.17) is 4.74 Å². The highest BCUT2D eigenvalue weighted by Crippen LogP contribution is 2.35. The van der Waals surface area contributed by atoms with E-state index in [1.165, 1.54) is 6.92 Å². The summed E-state index contributed by atoms with van der Waals surface area (Å²) in [6.45, 7) is 2.63. The van der Waals surface area contributed by atoms with Gasteiger partial charge in [0.25, 0.3) is 0 Å². The summed E-state index contributed by atoms with van der Waals surface area (Å²) in [6.07, 6.45) is 2.73. The third kappa shape index (κ3) is 5.14. The van der Waals surface area contributed by atoms with Crippen LogP contribution in [-0.2, 0) is 11.2 Å². The zero-order chi connectivity index (χ0) is 23.3. The topological polar surface area (TPSA) is 79.4 Å². The maximum absolute atomic E-state index is 14.6. The number of alkyl halides is 1. The minimum absolute atomic E-state index is 0.0707. The fraction of sp³-hybridized carbons (Fsp3) is 0.250. The van der Waals surface area contributed by atoms with Gasteiger partial charge in [-0.3, -0.25) is 4.79 Å². The van der Waals surface area contributed by atoms with E-state index >= 15 is 0 Å². The molecule has 5 nitrogen and oxygen atoms in total. The van der Waals surface area contributed by atoms with E-state index in [0.29, 0.717) is 18.8 Å². The van der Waals surface area contributed by atoms with Gasteiger partial charge in [-0.2, -0.15) is 0 Å². The number of aromatic amines is 1. The molecule has 1 heterocycles. The first-order valence-corrected chi connectivity index (χ1v) is 11.1. The lowest BCUT2D eigenvalue weighted by Crippen LogP contribution is -2.07. The van der Waals surface area contributed by atoms with Gasteiger partial charge in [-0.15, -0.1) is 0 Å². The molecule has 3 aromatic rings. The average Bonchev–Trinajstić information content (AvgIpc) is 3.21. The fourth-order valence-electron chi connectivity index (χ4n) is 3.49. The van der Waals surface area contributed by atoms with Crippen LogP contribution in [0.1, 0.15) is 44.0 Å². The first-order valence-electron chi connectivity index (χ1n) is 10.0. The van der Waals surface area contributed by atoms with Crippen LogP contribution in [0.5, 0.6) is 0 Å². The SMILES string of the molecule is Cc1c(F)ccc(F)c1-c1c(C(=O)O)c[nH]c1C(=O)c1ccc(CCCOCCBr)cc1. The van der Waals surface area contributed by atoms with Gasteiger partial charge in [-0.1, -0.05) is 40.2 Å². The largest absolute Gasteiger partial charge is 0.478 e. The summed E-state index contributed by atoms with van der Waals surface area (Å²) < 4.78 is 34.2. The Morgan fingerprint density at radius 3 is 2.38 bits per heavy atom. The van der Waals surface area contributed by atoms with Crippen LogP contribution in [0.4, 0.5) is 8.78 Å². The maximum atomic E-state index is 14.6. The van der Waals surface area contributed by atoms with Crippen LogP contribution < -0.4 is 0 Å². The average molecular weight is 506 g/mol. The minimum atomic E-state index is -1.35. The summed E-state index contributed by atoms with van der Waals surface area (Å²) in [7, 11) is 0. The number of hydrogen-bond donors (Lipinski definition) is 2. The van der Waals surface area contributed by atoms with Crippen molar-refractivity contribution in [3.63, 3.8) is 0 Å². The number of aromatic carboxylic acids is 1. The summed E-state index contributed by atoms with van der Waals surface area (Å²) in [6, 6.07) is 8.78. The third-order valence-corrected chi connectivity index (χ3v) is 5.45. The number of halogens is 3. The van der Waals surface area contributed by atoms with Crippen molar-refractivity contribution in [2.24, 2.45) is 0 Å². The van der Waals surface area contributed by atoms with Crippen molar-refractivity contribution in [1.29, 1.82) is 0 Å². The Hall–Kier alpha value is -2.84. The predicted octanol–water partition coefficient (Wildman–Crippen LogP) is 5.54. The van der Waals surface area contributed by atoms with Gasteiger partial charge in [0, 0.05) is 34.8 Å². The van der Waals surface area contributed by atoms with E-state index in [1.807, 2.05) is 12.1 Å². The third-order valence-electron chi connectivity index (χ3n) is 5.13. The van der Waals surface area contributed by atoms with Crippen LogP contribution in [-0.4, -0.2) is 40.4 Å². The number of benzene rings is 2. The number of nitrogens with one attached hydrogen (secondary N) is 1. The lowest BCUT2D eigenvalue weighted by atomic mass is 9.93. The second-order valence-corrected chi connectivity index (χ2v) is 8.01. The molecule has 2 N–H and O–H groups in total. The van der Waals surface area contributed by atoms with Crippen LogP contribution in [0, 0.1) is 18.6 Å². The Labute approximate surface area is 192 Å². The van der Waals surface area contributed by atoms with Crippen LogP contribution in [0.3, 0.4) is 0 Å². The molecule has 32 heavy (non-hydrogen) atoms. The van der Waals surface area contributed by atoms with E-state index in [0.717, 1.165) is 42.1 Å². The van der Waals surface area contributed by atoms with E-state index in [2.05, 4.69) is 20.9 Å². The van der Waals surface area contributed by atoms with Gasteiger partial charge in [0.05, 0.1) is 17.9 Å². The number of H-pyrrole nitrogens is 1. The van der Waals surface area contributed by atoms with E-state index in [-0.39, 0.29) is 27.9 Å². The molecule has 1 aromatic heterocycles. The molecule has 3 rings (SSSR count). The standard InChI is InChI=1S/C24H22BrF2NO4/c1-14-18(26)8-9-19(27)20(14)21-17(24(30)31)13-28-22(21)23(29)16-6-4-15(5-7-16)3-2-11-32-12-10-25/h4-9,13,28H,2-3,10-12H2,1H3,(H,30,31). The van der Waals surface area contributed by atoms with Crippen molar-refractivity contribution < 1.29 is 28.2 Å². The molecule has 2 aromatic carbocycles. The molecule has 0 aliphatic carbocycles. The molecule has 0 atom stereocenters. The van der Waals surface area contributed by atoms with Crippen LogP contribution in [0.25, 0.3) is 11.1 Å². The summed E-state index contributed by atoms with van der Waals surface area (Å²) in [5, 5.41) is 10.3. The van der Waals surface area contributed by atoms with Gasteiger partial charge in [0.2, 0.25) is 5.78 Å². The Bertz CT molecular complexity index is 1130. The summed E-state index contributed by atoms with van der Waals surface area (Å²) in [4.78, 5) is 27.5. The number of carbonyl (C=O) groups excluding carboxylic acids is 1. The molecule has 0 fully saturated rings. The van der Waals surface area contributed by atoms with Gasteiger partial charge >= 0.3 is 5.97 Å². The molecule has 0 saturated heterocycles. The summed E-state index contributed by atoms with van der Waals surface area (Å²) >= 11 is 3.30. The number of ketones is 1. The molecule has 0 spiro atoms. The number of ether oxygens (including phenoxy) is 1. The number of carboxylic acids is 1. The molecular weight excluding hydrogens is 484 g/mol. The van der Waals surface area contributed by atoms with Crippen molar-refractivity contribution in [3.8, 4) is 11.1 Å². The van der Waals surface area contributed by atoms with Gasteiger partial charge in [0.15, 0.2) is 0 Å². The highest BCUT2D eigenvalue weighted by molar-refractivity contribution is 9.09. The van der Waals surface area contributed by atoms with Crippen molar-refractivity contribution in [2.75, 3.05) is 18.5 Å².